The van der Waals surface area contributed by atoms with E-state index < -0.39 is 5.92 Å². The van der Waals surface area contributed by atoms with Crippen LogP contribution in [0, 0.1) is 11.3 Å². The zero-order valence-electron chi connectivity index (χ0n) is 9.69. The van der Waals surface area contributed by atoms with Gasteiger partial charge in [-0.2, -0.15) is 5.26 Å². The van der Waals surface area contributed by atoms with Gasteiger partial charge in [0.25, 0.3) is 0 Å². The Labute approximate surface area is 95.3 Å². The minimum absolute atomic E-state index is 0.311. The molecule has 4 nitrogen and oxygen atoms in total. The normalized spacial score (nSPS) is 12.6. The van der Waals surface area contributed by atoms with Crippen LogP contribution >= 0.6 is 0 Å². The van der Waals surface area contributed by atoms with E-state index in [1.165, 1.54) is 0 Å². The Morgan fingerprint density at radius 3 is 2.62 bits per heavy atom. The zero-order chi connectivity index (χ0) is 12.2. The first-order valence-corrected chi connectivity index (χ1v) is 5.06. The number of nitrogens with zero attached hydrogens (tertiary/aromatic N) is 2. The monoisotopic (exact) mass is 217 g/mol. The molecule has 1 unspecified atom stereocenters. The molecule has 0 spiro atoms. The Kier molecular flexibility index (Phi) is 3.62. The van der Waals surface area contributed by atoms with Crippen LogP contribution in [0.5, 0.6) is 0 Å². The lowest BCUT2D eigenvalue weighted by atomic mass is 10.0. The molecule has 1 aromatic heterocycles. The Morgan fingerprint density at radius 1 is 1.50 bits per heavy atom. The second-order valence-corrected chi connectivity index (χ2v) is 4.56. The fourth-order valence-electron chi connectivity index (χ4n) is 1.25. The molecule has 1 amide bonds. The van der Waals surface area contributed by atoms with Crippen molar-refractivity contribution in [3.05, 3.63) is 30.1 Å². The highest BCUT2D eigenvalue weighted by Crippen LogP contribution is 2.13. The first-order valence-electron chi connectivity index (χ1n) is 5.06. The summed E-state index contributed by atoms with van der Waals surface area (Å²) in [6, 6.07) is 7.15. The van der Waals surface area contributed by atoms with E-state index >= 15 is 0 Å². The SMILES string of the molecule is CC(C)(C)NC(=O)C(C#N)c1ccccn1. The van der Waals surface area contributed by atoms with Gasteiger partial charge >= 0.3 is 0 Å². The molecule has 4 heteroatoms. The molecule has 1 atom stereocenters. The lowest BCUT2D eigenvalue weighted by Crippen LogP contribution is -2.43. The predicted octanol–water partition coefficient (Wildman–Crippen LogP) is 1.60. The smallest absolute Gasteiger partial charge is 0.243 e. The summed E-state index contributed by atoms with van der Waals surface area (Å²) in [5, 5.41) is 11.8. The Morgan fingerprint density at radius 2 is 2.19 bits per heavy atom. The van der Waals surface area contributed by atoms with Gasteiger partial charge in [0.05, 0.1) is 11.8 Å². The van der Waals surface area contributed by atoms with Crippen LogP contribution in [0.25, 0.3) is 0 Å². The van der Waals surface area contributed by atoms with Gasteiger partial charge in [-0.15, -0.1) is 0 Å². The number of pyridine rings is 1. The third-order valence-electron chi connectivity index (χ3n) is 1.87. The Hall–Kier alpha value is -1.89. The first kappa shape index (κ1) is 12.2. The minimum atomic E-state index is -0.847. The molecule has 0 bridgehead atoms. The van der Waals surface area contributed by atoms with E-state index in [1.54, 1.807) is 24.4 Å². The van der Waals surface area contributed by atoms with Crippen molar-refractivity contribution in [2.75, 3.05) is 0 Å². The lowest BCUT2D eigenvalue weighted by Gasteiger charge is -2.22. The van der Waals surface area contributed by atoms with Gasteiger partial charge in [-0.25, -0.2) is 0 Å². The molecular weight excluding hydrogens is 202 g/mol. The van der Waals surface area contributed by atoms with Crippen LogP contribution in [0.4, 0.5) is 0 Å². The second-order valence-electron chi connectivity index (χ2n) is 4.56. The number of hydrogen-bond donors (Lipinski definition) is 1. The van der Waals surface area contributed by atoms with Gasteiger partial charge in [-0.05, 0) is 32.9 Å². The van der Waals surface area contributed by atoms with E-state index in [9.17, 15) is 4.79 Å². The first-order chi connectivity index (χ1) is 7.44. The highest BCUT2D eigenvalue weighted by molar-refractivity contribution is 5.86. The van der Waals surface area contributed by atoms with Gasteiger partial charge in [0.2, 0.25) is 5.91 Å². The van der Waals surface area contributed by atoms with Gasteiger partial charge < -0.3 is 5.32 Å². The molecule has 0 aliphatic heterocycles. The maximum atomic E-state index is 11.8. The fraction of sp³-hybridized carbons (Fsp3) is 0.417. The van der Waals surface area contributed by atoms with Crippen LogP contribution in [-0.2, 0) is 4.79 Å². The number of nitriles is 1. The molecule has 0 aromatic carbocycles. The van der Waals surface area contributed by atoms with Gasteiger partial charge in [-0.3, -0.25) is 9.78 Å². The van der Waals surface area contributed by atoms with Crippen molar-refractivity contribution in [3.63, 3.8) is 0 Å². The topological polar surface area (TPSA) is 65.8 Å². The zero-order valence-corrected chi connectivity index (χ0v) is 9.69. The summed E-state index contributed by atoms with van der Waals surface area (Å²) in [6.07, 6.45) is 1.57. The fourth-order valence-corrected chi connectivity index (χ4v) is 1.25. The van der Waals surface area contributed by atoms with E-state index in [1.807, 2.05) is 26.8 Å². The molecule has 16 heavy (non-hydrogen) atoms. The van der Waals surface area contributed by atoms with Crippen LogP contribution in [0.15, 0.2) is 24.4 Å². The summed E-state index contributed by atoms with van der Waals surface area (Å²) in [4.78, 5) is 15.8. The highest BCUT2D eigenvalue weighted by atomic mass is 16.2. The van der Waals surface area contributed by atoms with Crippen molar-refractivity contribution >= 4 is 5.91 Å². The third-order valence-corrected chi connectivity index (χ3v) is 1.87. The highest BCUT2D eigenvalue weighted by Gasteiger charge is 2.24. The van der Waals surface area contributed by atoms with Crippen molar-refractivity contribution in [1.82, 2.24) is 10.3 Å². The van der Waals surface area contributed by atoms with Crippen LogP contribution in [0.1, 0.15) is 32.4 Å². The van der Waals surface area contributed by atoms with Crippen LogP contribution in [0.2, 0.25) is 0 Å². The van der Waals surface area contributed by atoms with Crippen LogP contribution < -0.4 is 5.32 Å². The van der Waals surface area contributed by atoms with Crippen LogP contribution in [-0.4, -0.2) is 16.4 Å². The molecule has 0 aliphatic rings. The average Bonchev–Trinajstić information content (AvgIpc) is 2.17. The van der Waals surface area contributed by atoms with Crippen molar-refractivity contribution in [1.29, 1.82) is 5.26 Å². The molecule has 0 radical (unpaired) electrons. The maximum Gasteiger partial charge on any atom is 0.243 e. The number of rotatable bonds is 2. The van der Waals surface area contributed by atoms with Crippen molar-refractivity contribution in [2.24, 2.45) is 0 Å². The molecule has 0 fully saturated rings. The van der Waals surface area contributed by atoms with Crippen LogP contribution in [0.3, 0.4) is 0 Å². The molecule has 1 aromatic rings. The summed E-state index contributed by atoms with van der Waals surface area (Å²) in [7, 11) is 0. The number of aromatic nitrogens is 1. The minimum Gasteiger partial charge on any atom is -0.350 e. The van der Waals surface area contributed by atoms with Gasteiger partial charge in [-0.1, -0.05) is 6.07 Å². The summed E-state index contributed by atoms with van der Waals surface area (Å²) >= 11 is 0. The Balaban J connectivity index is 2.85. The predicted molar refractivity (Wildman–Crippen MR) is 60.5 cm³/mol. The van der Waals surface area contributed by atoms with Gasteiger partial charge in [0.15, 0.2) is 5.92 Å². The van der Waals surface area contributed by atoms with Gasteiger partial charge in [0, 0.05) is 11.7 Å². The van der Waals surface area contributed by atoms with Gasteiger partial charge in [0.1, 0.15) is 0 Å². The van der Waals surface area contributed by atoms with Crippen molar-refractivity contribution < 1.29 is 4.79 Å². The molecule has 1 rings (SSSR count). The molecule has 1 heterocycles. The van der Waals surface area contributed by atoms with Crippen molar-refractivity contribution in [2.45, 2.75) is 32.2 Å². The standard InChI is InChI=1S/C12H15N3O/c1-12(2,3)15-11(16)9(8-13)10-6-4-5-7-14-10/h4-7,9H,1-3H3,(H,15,16). The average molecular weight is 217 g/mol. The molecule has 1 N–H and O–H groups in total. The lowest BCUT2D eigenvalue weighted by molar-refractivity contribution is -0.122. The molecule has 0 saturated carbocycles. The number of carbonyl (C=O) groups excluding carboxylic acids is 1. The maximum absolute atomic E-state index is 11.8. The van der Waals surface area contributed by atoms with E-state index in [-0.39, 0.29) is 11.4 Å². The molecule has 0 saturated heterocycles. The quantitative estimate of drug-likeness (QED) is 0.818. The van der Waals surface area contributed by atoms with E-state index in [2.05, 4.69) is 10.3 Å². The summed E-state index contributed by atoms with van der Waals surface area (Å²) in [5.41, 5.74) is 0.132. The largest absolute Gasteiger partial charge is 0.350 e. The summed E-state index contributed by atoms with van der Waals surface area (Å²) < 4.78 is 0. The van der Waals surface area contributed by atoms with E-state index in [0.717, 1.165) is 0 Å². The number of hydrogen-bond acceptors (Lipinski definition) is 3. The molecular formula is C12H15N3O. The summed E-state index contributed by atoms with van der Waals surface area (Å²) in [6.45, 7) is 5.62. The van der Waals surface area contributed by atoms with Crippen molar-refractivity contribution in [3.8, 4) is 6.07 Å². The molecule has 84 valence electrons. The number of nitrogens with one attached hydrogen (secondary N) is 1. The number of amides is 1. The molecule has 0 aliphatic carbocycles. The van der Waals surface area contributed by atoms with E-state index in [4.69, 9.17) is 5.26 Å². The number of carbonyl (C=O) groups is 1. The second kappa shape index (κ2) is 4.75. The van der Waals surface area contributed by atoms with E-state index in [0.29, 0.717) is 5.69 Å². The summed E-state index contributed by atoms with van der Waals surface area (Å²) in [5.74, 6) is -1.16. The Bertz CT molecular complexity index is 401. The third kappa shape index (κ3) is 3.35.